The monoisotopic (exact) mass is 385 g/mol. The summed E-state index contributed by atoms with van der Waals surface area (Å²) in [6.45, 7) is 4.49. The van der Waals surface area contributed by atoms with Crippen LogP contribution in [-0.2, 0) is 0 Å². The van der Waals surface area contributed by atoms with Crippen molar-refractivity contribution < 1.29 is 17.6 Å². The van der Waals surface area contributed by atoms with E-state index >= 15 is 0 Å². The van der Waals surface area contributed by atoms with Crippen LogP contribution >= 0.6 is 11.8 Å². The first-order valence-corrected chi connectivity index (χ1v) is 8.67. The highest BCUT2D eigenvalue weighted by atomic mass is 32.2. The summed E-state index contributed by atoms with van der Waals surface area (Å²) in [5, 5.41) is 2.75. The number of aliphatic imine (C=N–C) groups is 1. The first kappa shape index (κ1) is 20.1. The number of hydrogen-bond acceptors (Lipinski definition) is 3. The fourth-order valence-electron chi connectivity index (χ4n) is 2.08. The third-order valence-electron chi connectivity index (χ3n) is 3.56. The Morgan fingerprint density at radius 1 is 1.19 bits per heavy atom. The molecule has 0 saturated carbocycles. The molecule has 0 aromatic heterocycles. The molecule has 2 rings (SSSR count). The number of nitrogens with one attached hydrogen (secondary N) is 1. The summed E-state index contributed by atoms with van der Waals surface area (Å²) in [6.07, 6.45) is 1.60. The van der Waals surface area contributed by atoms with E-state index < -0.39 is 11.3 Å². The van der Waals surface area contributed by atoms with Crippen LogP contribution in [0.5, 0.6) is 0 Å². The topological polar surface area (TPSA) is 27.6 Å². The largest absolute Gasteiger partial charge is 0.446 e. The minimum Gasteiger partial charge on any atom is -0.366 e. The van der Waals surface area contributed by atoms with Gasteiger partial charge in [0.15, 0.2) is 0 Å². The third kappa shape index (κ3) is 5.66. The van der Waals surface area contributed by atoms with E-state index in [0.717, 1.165) is 6.54 Å². The molecule has 0 radical (unpaired) electrons. The van der Waals surface area contributed by atoms with Gasteiger partial charge in [-0.25, -0.2) is 9.38 Å². The van der Waals surface area contributed by atoms with Crippen molar-refractivity contribution in [3.8, 4) is 0 Å². The Kier molecular flexibility index (Phi) is 6.52. The molecule has 26 heavy (non-hydrogen) atoms. The number of aryl methyl sites for hydroxylation is 1. The van der Waals surface area contributed by atoms with Crippen LogP contribution in [0.2, 0.25) is 0 Å². The molecule has 0 saturated heterocycles. The molecule has 0 aliphatic rings. The summed E-state index contributed by atoms with van der Waals surface area (Å²) in [5.41, 5.74) is -2.96. The standard InChI is InChI=1S/C18H19F4N3S/c1-4-25(3)11-23-15-10-13(19)16(9-12(15)2)24-14-7-5-6-8-17(14)26-18(20,21)22/h5-11,24H,4H2,1-3H3. The van der Waals surface area contributed by atoms with E-state index in [4.69, 9.17) is 0 Å². The molecule has 0 atom stereocenters. The predicted octanol–water partition coefficient (Wildman–Crippen LogP) is 6.10. The number of thioether (sulfide) groups is 1. The number of anilines is 2. The Morgan fingerprint density at radius 3 is 2.54 bits per heavy atom. The summed E-state index contributed by atoms with van der Waals surface area (Å²) in [7, 11) is 1.85. The fourth-order valence-corrected chi connectivity index (χ4v) is 2.70. The van der Waals surface area contributed by atoms with Gasteiger partial charge in [-0.1, -0.05) is 12.1 Å². The van der Waals surface area contributed by atoms with Gasteiger partial charge in [0.05, 0.1) is 23.4 Å². The summed E-state index contributed by atoms with van der Waals surface area (Å²) < 4.78 is 52.4. The van der Waals surface area contributed by atoms with E-state index in [1.807, 2.05) is 18.9 Å². The van der Waals surface area contributed by atoms with E-state index in [1.54, 1.807) is 19.3 Å². The second kappa shape index (κ2) is 8.44. The van der Waals surface area contributed by atoms with Crippen molar-refractivity contribution in [2.75, 3.05) is 18.9 Å². The summed E-state index contributed by atoms with van der Waals surface area (Å²) in [6, 6.07) is 8.70. The lowest BCUT2D eigenvalue weighted by Gasteiger charge is -2.15. The molecular weight excluding hydrogens is 366 g/mol. The highest BCUT2D eigenvalue weighted by Gasteiger charge is 2.30. The average molecular weight is 385 g/mol. The van der Waals surface area contributed by atoms with Gasteiger partial charge in [-0.15, -0.1) is 0 Å². The van der Waals surface area contributed by atoms with Gasteiger partial charge < -0.3 is 10.2 Å². The molecule has 2 aromatic rings. The van der Waals surface area contributed by atoms with Crippen molar-refractivity contribution in [1.82, 2.24) is 4.90 Å². The van der Waals surface area contributed by atoms with E-state index in [1.165, 1.54) is 30.3 Å². The molecule has 3 nitrogen and oxygen atoms in total. The zero-order valence-electron chi connectivity index (χ0n) is 14.6. The Labute approximate surface area is 154 Å². The number of alkyl halides is 3. The van der Waals surface area contributed by atoms with Gasteiger partial charge in [0.1, 0.15) is 5.82 Å². The van der Waals surface area contributed by atoms with Crippen LogP contribution in [0.4, 0.5) is 34.6 Å². The Hall–Kier alpha value is -2.22. The average Bonchev–Trinajstić information content (AvgIpc) is 2.56. The van der Waals surface area contributed by atoms with E-state index in [-0.39, 0.29) is 28.0 Å². The maximum atomic E-state index is 14.4. The molecule has 0 amide bonds. The second-order valence-corrected chi connectivity index (χ2v) is 6.71. The van der Waals surface area contributed by atoms with Crippen molar-refractivity contribution in [2.45, 2.75) is 24.3 Å². The van der Waals surface area contributed by atoms with Gasteiger partial charge in [-0.3, -0.25) is 0 Å². The number of halogens is 4. The second-order valence-electron chi connectivity index (χ2n) is 5.61. The van der Waals surface area contributed by atoms with Crippen LogP contribution in [0.3, 0.4) is 0 Å². The Morgan fingerprint density at radius 2 is 1.88 bits per heavy atom. The van der Waals surface area contributed by atoms with Crippen molar-refractivity contribution in [2.24, 2.45) is 4.99 Å². The molecule has 0 aliphatic heterocycles. The van der Waals surface area contributed by atoms with Crippen LogP contribution in [0.1, 0.15) is 12.5 Å². The quantitative estimate of drug-likeness (QED) is 0.282. The zero-order valence-corrected chi connectivity index (χ0v) is 15.4. The maximum absolute atomic E-state index is 14.4. The van der Waals surface area contributed by atoms with Crippen LogP contribution in [0.25, 0.3) is 0 Å². The van der Waals surface area contributed by atoms with Crippen LogP contribution in [0.15, 0.2) is 46.3 Å². The Bertz CT molecular complexity index is 790. The minimum atomic E-state index is -4.42. The van der Waals surface area contributed by atoms with Gasteiger partial charge in [0, 0.05) is 24.6 Å². The van der Waals surface area contributed by atoms with E-state index in [0.29, 0.717) is 11.3 Å². The summed E-state index contributed by atoms with van der Waals surface area (Å²) >= 11 is -0.240. The van der Waals surface area contributed by atoms with Crippen molar-refractivity contribution in [3.63, 3.8) is 0 Å². The molecule has 0 spiro atoms. The van der Waals surface area contributed by atoms with Gasteiger partial charge >= 0.3 is 5.51 Å². The van der Waals surface area contributed by atoms with Crippen molar-refractivity contribution >= 4 is 35.2 Å². The van der Waals surface area contributed by atoms with Crippen LogP contribution in [0, 0.1) is 12.7 Å². The molecule has 140 valence electrons. The lowest BCUT2D eigenvalue weighted by Crippen LogP contribution is -2.14. The van der Waals surface area contributed by atoms with Crippen molar-refractivity contribution in [1.29, 1.82) is 0 Å². The van der Waals surface area contributed by atoms with Gasteiger partial charge in [-0.2, -0.15) is 13.2 Å². The molecule has 1 N–H and O–H groups in total. The fraction of sp³-hybridized carbons (Fsp3) is 0.278. The SMILES string of the molecule is CCN(C)C=Nc1cc(F)c(Nc2ccccc2SC(F)(F)F)cc1C. The molecular formula is C18H19F4N3S. The molecule has 0 fully saturated rings. The first-order valence-electron chi connectivity index (χ1n) is 7.86. The highest BCUT2D eigenvalue weighted by molar-refractivity contribution is 8.00. The predicted molar refractivity (Wildman–Crippen MR) is 99.2 cm³/mol. The summed E-state index contributed by atoms with van der Waals surface area (Å²) in [5.74, 6) is -0.589. The third-order valence-corrected chi connectivity index (χ3v) is 4.37. The number of para-hydroxylation sites is 1. The number of hydrogen-bond donors (Lipinski definition) is 1. The van der Waals surface area contributed by atoms with Gasteiger partial charge in [0.25, 0.3) is 0 Å². The highest BCUT2D eigenvalue weighted by Crippen LogP contribution is 2.41. The van der Waals surface area contributed by atoms with E-state index in [9.17, 15) is 17.6 Å². The van der Waals surface area contributed by atoms with Gasteiger partial charge in [-0.05, 0) is 49.4 Å². The smallest absolute Gasteiger partial charge is 0.366 e. The molecule has 0 unspecified atom stereocenters. The molecule has 0 bridgehead atoms. The molecule has 0 heterocycles. The molecule has 2 aromatic carbocycles. The van der Waals surface area contributed by atoms with Crippen LogP contribution < -0.4 is 5.32 Å². The lowest BCUT2D eigenvalue weighted by molar-refractivity contribution is -0.0327. The van der Waals surface area contributed by atoms with E-state index in [2.05, 4.69) is 10.3 Å². The minimum absolute atomic E-state index is 0.0243. The number of benzene rings is 2. The zero-order chi connectivity index (χ0) is 19.3. The Balaban J connectivity index is 2.29. The maximum Gasteiger partial charge on any atom is 0.446 e. The number of nitrogens with zero attached hydrogens (tertiary/aromatic N) is 2. The lowest BCUT2D eigenvalue weighted by atomic mass is 10.1. The normalized spacial score (nSPS) is 11.8. The first-order chi connectivity index (χ1) is 12.2. The number of rotatable bonds is 6. The van der Waals surface area contributed by atoms with Gasteiger partial charge in [0.2, 0.25) is 0 Å². The molecule has 8 heteroatoms. The molecule has 0 aliphatic carbocycles. The van der Waals surface area contributed by atoms with Crippen LogP contribution in [-0.4, -0.2) is 30.3 Å². The van der Waals surface area contributed by atoms with Crippen molar-refractivity contribution in [3.05, 3.63) is 47.8 Å². The summed E-state index contributed by atoms with van der Waals surface area (Å²) in [4.78, 5) is 6.05.